The lowest BCUT2D eigenvalue weighted by molar-refractivity contribution is -0.116. The van der Waals surface area contributed by atoms with E-state index in [0.717, 1.165) is 28.5 Å². The maximum Gasteiger partial charge on any atom is 0.237 e. The van der Waals surface area contributed by atoms with Gasteiger partial charge in [0.05, 0.1) is 21.5 Å². The number of anilines is 1. The molecule has 0 aliphatic heterocycles. The summed E-state index contributed by atoms with van der Waals surface area (Å²) in [5.74, 6) is 1.34. The van der Waals surface area contributed by atoms with Gasteiger partial charge < -0.3 is 4.90 Å². The van der Waals surface area contributed by atoms with Crippen LogP contribution in [0.2, 0.25) is 0 Å². The topological polar surface area (TPSA) is 50.5 Å². The summed E-state index contributed by atoms with van der Waals surface area (Å²) in [4.78, 5) is 15.9. The number of carbonyl (C=O) groups excluding carboxylic acids is 1. The second kappa shape index (κ2) is 7.93. The van der Waals surface area contributed by atoms with Gasteiger partial charge in [0.25, 0.3) is 0 Å². The molecule has 0 N–H and O–H groups in total. The van der Waals surface area contributed by atoms with Crippen LogP contribution in [0.25, 0.3) is 15.7 Å². The van der Waals surface area contributed by atoms with Crippen LogP contribution in [0.5, 0.6) is 0 Å². The zero-order valence-corrected chi connectivity index (χ0v) is 17.8. The third-order valence-corrected chi connectivity index (χ3v) is 6.62. The molecule has 144 valence electrons. The molecule has 0 saturated heterocycles. The van der Waals surface area contributed by atoms with Crippen molar-refractivity contribution < 1.29 is 4.79 Å². The van der Waals surface area contributed by atoms with Crippen molar-refractivity contribution in [1.82, 2.24) is 14.6 Å². The summed E-state index contributed by atoms with van der Waals surface area (Å²) in [6.45, 7) is 6.84. The van der Waals surface area contributed by atoms with E-state index in [4.69, 9.17) is 0 Å². The fourth-order valence-corrected chi connectivity index (χ4v) is 5.16. The highest BCUT2D eigenvalue weighted by Gasteiger charge is 2.18. The summed E-state index contributed by atoms with van der Waals surface area (Å²) >= 11 is 3.23. The largest absolute Gasteiger partial charge is 0.312 e. The van der Waals surface area contributed by atoms with Crippen LogP contribution in [0.1, 0.15) is 24.5 Å². The fraction of sp³-hybridized carbons (Fsp3) is 0.286. The Kier molecular flexibility index (Phi) is 5.37. The number of benzene rings is 1. The Balaban J connectivity index is 1.63. The number of thioether (sulfide) groups is 1. The fourth-order valence-electron chi connectivity index (χ4n) is 3.40. The summed E-state index contributed by atoms with van der Waals surface area (Å²) in [7, 11) is 0. The van der Waals surface area contributed by atoms with Crippen LogP contribution in [0.4, 0.5) is 5.69 Å². The van der Waals surface area contributed by atoms with Gasteiger partial charge in [-0.05, 0) is 38.1 Å². The predicted octanol–water partition coefficient (Wildman–Crippen LogP) is 4.96. The number of hydrogen-bond donors (Lipinski definition) is 0. The highest BCUT2D eigenvalue weighted by molar-refractivity contribution is 8.00. The number of aromatic nitrogens is 3. The molecular formula is C21H22N4OS2. The summed E-state index contributed by atoms with van der Waals surface area (Å²) < 4.78 is 3.42. The molecule has 7 heteroatoms. The number of para-hydroxylation sites is 1. The Labute approximate surface area is 172 Å². The van der Waals surface area contributed by atoms with Crippen molar-refractivity contribution in [2.45, 2.75) is 32.2 Å². The molecule has 1 aromatic carbocycles. The molecule has 0 saturated carbocycles. The first-order chi connectivity index (χ1) is 13.6. The smallest absolute Gasteiger partial charge is 0.237 e. The third-order valence-electron chi connectivity index (χ3n) is 4.68. The van der Waals surface area contributed by atoms with Gasteiger partial charge in [-0.3, -0.25) is 9.20 Å². The summed E-state index contributed by atoms with van der Waals surface area (Å²) in [6, 6.07) is 14.1. The molecule has 0 radical (unpaired) electrons. The Morgan fingerprint density at radius 2 is 1.93 bits per heavy atom. The van der Waals surface area contributed by atoms with Gasteiger partial charge in [0.15, 0.2) is 0 Å². The number of amides is 1. The minimum absolute atomic E-state index is 0.0717. The van der Waals surface area contributed by atoms with Crippen LogP contribution in [-0.4, -0.2) is 32.8 Å². The zero-order valence-electron chi connectivity index (χ0n) is 16.2. The van der Waals surface area contributed by atoms with Crippen LogP contribution in [0.15, 0.2) is 47.5 Å². The van der Waals surface area contributed by atoms with Crippen molar-refractivity contribution in [3.63, 3.8) is 0 Å². The van der Waals surface area contributed by atoms with E-state index >= 15 is 0 Å². The number of nitrogens with zero attached hydrogens (tertiary/aromatic N) is 4. The van der Waals surface area contributed by atoms with Crippen molar-refractivity contribution in [1.29, 1.82) is 0 Å². The molecule has 3 heterocycles. The monoisotopic (exact) mass is 410 g/mol. The van der Waals surface area contributed by atoms with E-state index in [0.29, 0.717) is 12.3 Å². The van der Waals surface area contributed by atoms with E-state index < -0.39 is 0 Å². The average Bonchev–Trinajstić information content (AvgIpc) is 3.24. The van der Waals surface area contributed by atoms with Gasteiger partial charge in [-0.15, -0.1) is 21.5 Å². The first kappa shape index (κ1) is 19.0. The van der Waals surface area contributed by atoms with Gasteiger partial charge in [-0.2, -0.15) is 0 Å². The van der Waals surface area contributed by atoms with Crippen molar-refractivity contribution in [2.75, 3.05) is 17.2 Å². The highest BCUT2D eigenvalue weighted by atomic mass is 32.2. The number of carbonyl (C=O) groups is 1. The normalized spacial score (nSPS) is 11.4. The lowest BCUT2D eigenvalue weighted by atomic mass is 10.3. The Bertz CT molecular complexity index is 1130. The minimum Gasteiger partial charge on any atom is -0.312 e. The van der Waals surface area contributed by atoms with Crippen LogP contribution >= 0.6 is 23.1 Å². The maximum atomic E-state index is 12.8. The molecule has 1 amide bonds. The van der Waals surface area contributed by atoms with E-state index in [1.807, 2.05) is 37.3 Å². The van der Waals surface area contributed by atoms with E-state index in [1.54, 1.807) is 16.2 Å². The van der Waals surface area contributed by atoms with E-state index in [-0.39, 0.29) is 5.91 Å². The summed E-state index contributed by atoms with van der Waals surface area (Å²) in [5, 5.41) is 9.66. The molecule has 0 aliphatic rings. The van der Waals surface area contributed by atoms with Gasteiger partial charge in [0.2, 0.25) is 5.91 Å². The van der Waals surface area contributed by atoms with Crippen LogP contribution in [-0.2, 0) is 11.2 Å². The first-order valence-corrected chi connectivity index (χ1v) is 11.2. The zero-order chi connectivity index (χ0) is 19.7. The summed E-state index contributed by atoms with van der Waals surface area (Å²) in [6.07, 6.45) is 0.809. The molecule has 0 aliphatic carbocycles. The maximum absolute atomic E-state index is 12.8. The Morgan fingerprint density at radius 3 is 2.64 bits per heavy atom. The second-order valence-electron chi connectivity index (χ2n) is 6.51. The van der Waals surface area contributed by atoms with Gasteiger partial charge in [-0.1, -0.05) is 36.9 Å². The Morgan fingerprint density at radius 1 is 1.14 bits per heavy atom. The van der Waals surface area contributed by atoms with E-state index in [9.17, 15) is 4.79 Å². The standard InChI is InChI=1S/C21H22N4OS2/c1-4-19-22-23-21(17-12-18-16(25(17)19)11-14(3)28-18)27-13-20(26)24(5-2)15-9-7-6-8-10-15/h6-12H,4-5,13H2,1-3H3. The molecule has 28 heavy (non-hydrogen) atoms. The number of thiophene rings is 1. The second-order valence-corrected chi connectivity index (χ2v) is 8.76. The quantitative estimate of drug-likeness (QED) is 0.422. The van der Waals surface area contributed by atoms with Crippen molar-refractivity contribution in [2.24, 2.45) is 0 Å². The lowest BCUT2D eigenvalue weighted by Gasteiger charge is -2.20. The molecular weight excluding hydrogens is 388 g/mol. The SMILES string of the molecule is CCc1nnc(SCC(=O)N(CC)c2ccccc2)c2cc3sc(C)cc3n12. The number of hydrogen-bond acceptors (Lipinski definition) is 5. The molecule has 0 unspecified atom stereocenters. The highest BCUT2D eigenvalue weighted by Crippen LogP contribution is 2.33. The minimum atomic E-state index is 0.0717. The van der Waals surface area contributed by atoms with Crippen molar-refractivity contribution >= 4 is 50.4 Å². The number of rotatable bonds is 6. The Hall–Kier alpha value is -2.38. The third kappa shape index (κ3) is 3.40. The molecule has 3 aromatic heterocycles. The van der Waals surface area contributed by atoms with E-state index in [1.165, 1.54) is 26.9 Å². The van der Waals surface area contributed by atoms with Gasteiger partial charge in [0.1, 0.15) is 10.9 Å². The van der Waals surface area contributed by atoms with Crippen LogP contribution in [0, 0.1) is 6.92 Å². The summed E-state index contributed by atoms with van der Waals surface area (Å²) in [5.41, 5.74) is 3.14. The first-order valence-electron chi connectivity index (χ1n) is 9.37. The molecule has 0 atom stereocenters. The molecule has 4 rings (SSSR count). The molecule has 0 bridgehead atoms. The van der Waals surface area contributed by atoms with E-state index in [2.05, 4.69) is 40.6 Å². The lowest BCUT2D eigenvalue weighted by Crippen LogP contribution is -2.32. The molecule has 4 aromatic rings. The van der Waals surface area contributed by atoms with Crippen LogP contribution in [0.3, 0.4) is 0 Å². The number of fused-ring (bicyclic) bond motifs is 3. The molecule has 5 nitrogen and oxygen atoms in total. The van der Waals surface area contributed by atoms with Gasteiger partial charge in [-0.25, -0.2) is 0 Å². The van der Waals surface area contributed by atoms with Gasteiger partial charge >= 0.3 is 0 Å². The number of aryl methyl sites for hydroxylation is 2. The van der Waals surface area contributed by atoms with Crippen molar-refractivity contribution in [3.05, 3.63) is 53.2 Å². The van der Waals surface area contributed by atoms with Crippen LogP contribution < -0.4 is 4.90 Å². The average molecular weight is 411 g/mol. The molecule has 0 fully saturated rings. The molecule has 0 spiro atoms. The predicted molar refractivity (Wildman–Crippen MR) is 118 cm³/mol. The van der Waals surface area contributed by atoms with Gasteiger partial charge in [0, 0.05) is 23.5 Å². The van der Waals surface area contributed by atoms with Crippen molar-refractivity contribution in [3.8, 4) is 0 Å².